The van der Waals surface area contributed by atoms with E-state index in [-0.39, 0.29) is 6.10 Å². The van der Waals surface area contributed by atoms with Crippen LogP contribution < -0.4 is 0 Å². The Labute approximate surface area is 130 Å². The topological polar surface area (TPSA) is 32.7 Å². The number of hydrogen-bond acceptors (Lipinski definition) is 3. The average molecular weight is 342 g/mol. The van der Waals surface area contributed by atoms with Crippen LogP contribution >= 0.6 is 15.9 Å². The van der Waals surface area contributed by atoms with Crippen molar-refractivity contribution >= 4 is 15.9 Å². The standard InChI is InChI=1S/C16H24BrNO2/c1-18(12-13-6-9-20-10-7-13)8-5-16(19)14-3-2-4-15(17)11-14/h2-4,11,13,16,19H,5-10,12H2,1H3. The zero-order valence-corrected chi connectivity index (χ0v) is 13.7. The van der Waals surface area contributed by atoms with E-state index >= 15 is 0 Å². The maximum absolute atomic E-state index is 10.2. The van der Waals surface area contributed by atoms with Gasteiger partial charge < -0.3 is 14.7 Å². The van der Waals surface area contributed by atoms with Crippen LogP contribution in [0.1, 0.15) is 30.9 Å². The van der Waals surface area contributed by atoms with Gasteiger partial charge in [0.05, 0.1) is 6.10 Å². The molecule has 0 radical (unpaired) electrons. The molecule has 0 amide bonds. The first-order valence-electron chi connectivity index (χ1n) is 7.35. The molecule has 0 saturated carbocycles. The third-order valence-corrected chi connectivity index (χ3v) is 4.42. The van der Waals surface area contributed by atoms with Gasteiger partial charge in [0.2, 0.25) is 0 Å². The van der Waals surface area contributed by atoms with E-state index in [1.807, 2.05) is 24.3 Å². The summed E-state index contributed by atoms with van der Waals surface area (Å²) >= 11 is 3.44. The Morgan fingerprint density at radius 1 is 1.40 bits per heavy atom. The van der Waals surface area contributed by atoms with E-state index in [1.165, 1.54) is 12.8 Å². The minimum Gasteiger partial charge on any atom is -0.388 e. The lowest BCUT2D eigenvalue weighted by Gasteiger charge is -2.27. The van der Waals surface area contributed by atoms with Gasteiger partial charge in [-0.25, -0.2) is 0 Å². The van der Waals surface area contributed by atoms with Crippen molar-refractivity contribution in [1.29, 1.82) is 0 Å². The number of rotatable bonds is 6. The lowest BCUT2D eigenvalue weighted by Crippen LogP contribution is -2.30. The Morgan fingerprint density at radius 3 is 2.85 bits per heavy atom. The van der Waals surface area contributed by atoms with Gasteiger partial charge in [-0.2, -0.15) is 0 Å². The first-order valence-corrected chi connectivity index (χ1v) is 8.14. The van der Waals surface area contributed by atoms with Crippen LogP contribution in [0.4, 0.5) is 0 Å². The van der Waals surface area contributed by atoms with Crippen molar-refractivity contribution in [3.8, 4) is 0 Å². The van der Waals surface area contributed by atoms with Crippen molar-refractivity contribution in [3.63, 3.8) is 0 Å². The van der Waals surface area contributed by atoms with Crippen molar-refractivity contribution in [2.45, 2.75) is 25.4 Å². The molecule has 0 spiro atoms. The van der Waals surface area contributed by atoms with E-state index in [0.29, 0.717) is 0 Å². The molecule has 1 aromatic carbocycles. The van der Waals surface area contributed by atoms with Crippen molar-refractivity contribution in [1.82, 2.24) is 4.90 Å². The lowest BCUT2D eigenvalue weighted by atomic mass is 9.99. The Balaban J connectivity index is 1.73. The smallest absolute Gasteiger partial charge is 0.0802 e. The fourth-order valence-electron chi connectivity index (χ4n) is 2.68. The largest absolute Gasteiger partial charge is 0.388 e. The van der Waals surface area contributed by atoms with E-state index in [2.05, 4.69) is 27.9 Å². The number of aliphatic hydroxyl groups excluding tert-OH is 1. The second-order valence-corrected chi connectivity index (χ2v) is 6.59. The van der Waals surface area contributed by atoms with E-state index in [9.17, 15) is 5.11 Å². The van der Waals surface area contributed by atoms with Crippen LogP contribution in [0.3, 0.4) is 0 Å². The number of benzene rings is 1. The molecule has 1 atom stereocenters. The molecule has 1 aliphatic heterocycles. The molecular weight excluding hydrogens is 318 g/mol. The molecule has 1 aliphatic rings. The van der Waals surface area contributed by atoms with Gasteiger partial charge in [-0.3, -0.25) is 0 Å². The molecule has 3 nitrogen and oxygen atoms in total. The lowest BCUT2D eigenvalue weighted by molar-refractivity contribution is 0.0534. The van der Waals surface area contributed by atoms with Crippen LogP contribution in [-0.2, 0) is 4.74 Å². The summed E-state index contributed by atoms with van der Waals surface area (Å²) in [5.41, 5.74) is 0.985. The molecule has 1 fully saturated rings. The van der Waals surface area contributed by atoms with Crippen LogP contribution in [0.25, 0.3) is 0 Å². The summed E-state index contributed by atoms with van der Waals surface area (Å²) in [5.74, 6) is 0.747. The zero-order chi connectivity index (χ0) is 14.4. The van der Waals surface area contributed by atoms with Crippen LogP contribution in [0.2, 0.25) is 0 Å². The quantitative estimate of drug-likeness (QED) is 0.862. The molecule has 1 aromatic rings. The normalized spacial score (nSPS) is 18.4. The van der Waals surface area contributed by atoms with Gasteiger partial charge in [0.15, 0.2) is 0 Å². The molecule has 1 saturated heterocycles. The second kappa shape index (κ2) is 8.13. The van der Waals surface area contributed by atoms with Crippen molar-refractivity contribution in [3.05, 3.63) is 34.3 Å². The number of ether oxygens (including phenoxy) is 1. The summed E-state index contributed by atoms with van der Waals surface area (Å²) in [4.78, 5) is 2.33. The van der Waals surface area contributed by atoms with Crippen LogP contribution in [-0.4, -0.2) is 43.4 Å². The highest BCUT2D eigenvalue weighted by Crippen LogP contribution is 2.21. The maximum atomic E-state index is 10.2. The number of hydrogen-bond donors (Lipinski definition) is 1. The van der Waals surface area contributed by atoms with Gasteiger partial charge in [-0.15, -0.1) is 0 Å². The Morgan fingerprint density at radius 2 is 2.15 bits per heavy atom. The van der Waals surface area contributed by atoms with E-state index in [1.54, 1.807) is 0 Å². The molecule has 2 rings (SSSR count). The highest BCUT2D eigenvalue weighted by molar-refractivity contribution is 9.10. The monoisotopic (exact) mass is 341 g/mol. The summed E-state index contributed by atoms with van der Waals surface area (Å²) < 4.78 is 6.40. The predicted molar refractivity (Wildman–Crippen MR) is 84.8 cm³/mol. The number of nitrogens with zero attached hydrogens (tertiary/aromatic N) is 1. The van der Waals surface area contributed by atoms with Crippen LogP contribution in [0.5, 0.6) is 0 Å². The molecule has 0 aromatic heterocycles. The van der Waals surface area contributed by atoms with E-state index < -0.39 is 0 Å². The molecule has 1 heterocycles. The van der Waals surface area contributed by atoms with Gasteiger partial charge in [0, 0.05) is 30.8 Å². The van der Waals surface area contributed by atoms with Gasteiger partial charge in [0.25, 0.3) is 0 Å². The second-order valence-electron chi connectivity index (χ2n) is 5.68. The molecule has 20 heavy (non-hydrogen) atoms. The Kier molecular flexibility index (Phi) is 6.49. The molecule has 0 aliphatic carbocycles. The third kappa shape index (κ3) is 5.17. The van der Waals surface area contributed by atoms with Crippen LogP contribution in [0, 0.1) is 5.92 Å². The highest BCUT2D eigenvalue weighted by atomic mass is 79.9. The first kappa shape index (κ1) is 16.0. The molecule has 4 heteroatoms. The van der Waals surface area contributed by atoms with Crippen LogP contribution in [0.15, 0.2) is 28.7 Å². The fraction of sp³-hybridized carbons (Fsp3) is 0.625. The average Bonchev–Trinajstić information content (AvgIpc) is 2.46. The Bertz CT molecular complexity index is 407. The number of halogens is 1. The third-order valence-electron chi connectivity index (χ3n) is 3.93. The summed E-state index contributed by atoms with van der Waals surface area (Å²) in [6, 6.07) is 7.92. The number of aliphatic hydroxyl groups is 1. The fourth-order valence-corrected chi connectivity index (χ4v) is 3.10. The molecular formula is C16H24BrNO2. The Hall–Kier alpha value is -0.420. The molecule has 112 valence electrons. The predicted octanol–water partition coefficient (Wildman–Crippen LogP) is 3.23. The first-order chi connectivity index (χ1) is 9.65. The summed E-state index contributed by atoms with van der Waals surface area (Å²) in [6.45, 7) is 3.83. The van der Waals surface area contributed by atoms with E-state index in [4.69, 9.17) is 4.74 Å². The summed E-state index contributed by atoms with van der Waals surface area (Å²) in [7, 11) is 2.14. The SMILES string of the molecule is CN(CCC(O)c1cccc(Br)c1)CC1CCOCC1. The van der Waals surface area contributed by atoms with Crippen molar-refractivity contribution in [2.24, 2.45) is 5.92 Å². The minimum atomic E-state index is -0.385. The van der Waals surface area contributed by atoms with Crippen molar-refractivity contribution in [2.75, 3.05) is 33.4 Å². The summed E-state index contributed by atoms with van der Waals surface area (Å²) in [5, 5.41) is 10.2. The van der Waals surface area contributed by atoms with Gasteiger partial charge in [0.1, 0.15) is 0 Å². The molecule has 1 N–H and O–H groups in total. The van der Waals surface area contributed by atoms with Gasteiger partial charge in [-0.05, 0) is 49.9 Å². The molecule has 1 unspecified atom stereocenters. The van der Waals surface area contributed by atoms with Gasteiger partial charge in [-0.1, -0.05) is 28.1 Å². The maximum Gasteiger partial charge on any atom is 0.0802 e. The highest BCUT2D eigenvalue weighted by Gasteiger charge is 2.16. The summed E-state index contributed by atoms with van der Waals surface area (Å²) in [6.07, 6.45) is 2.72. The van der Waals surface area contributed by atoms with Gasteiger partial charge >= 0.3 is 0 Å². The van der Waals surface area contributed by atoms with Crippen molar-refractivity contribution < 1.29 is 9.84 Å². The zero-order valence-electron chi connectivity index (χ0n) is 12.1. The molecule has 0 bridgehead atoms. The van der Waals surface area contributed by atoms with E-state index in [0.717, 1.165) is 48.7 Å². The minimum absolute atomic E-state index is 0.385.